The molecule has 2 aromatic carbocycles. The normalized spacial score (nSPS) is 16.6. The minimum absolute atomic E-state index is 0.144. The molecule has 0 saturated heterocycles. The topological polar surface area (TPSA) is 50.5 Å². The summed E-state index contributed by atoms with van der Waals surface area (Å²) in [6.45, 7) is 4.27. The molecule has 5 heteroatoms. The van der Waals surface area contributed by atoms with Gasteiger partial charge in [-0.05, 0) is 35.2 Å². The van der Waals surface area contributed by atoms with E-state index in [-0.39, 0.29) is 17.1 Å². The first kappa shape index (κ1) is 17.0. The Hall–Kier alpha value is -2.40. The number of halogens is 1. The highest BCUT2D eigenvalue weighted by atomic mass is 79.9. The Morgan fingerprint density at radius 1 is 1.08 bits per heavy atom. The SMILES string of the molecule is CC(C)c1ccc(C2c3c(oc4ccc(Br)cc4c3=O)C(=O)N2C)cc1. The Morgan fingerprint density at radius 3 is 2.42 bits per heavy atom. The van der Waals surface area contributed by atoms with Crippen molar-refractivity contribution in [3.63, 3.8) is 0 Å². The van der Waals surface area contributed by atoms with Crippen LogP contribution in [0.25, 0.3) is 11.0 Å². The summed E-state index contributed by atoms with van der Waals surface area (Å²) in [4.78, 5) is 27.4. The Balaban J connectivity index is 1.94. The predicted molar refractivity (Wildman–Crippen MR) is 105 cm³/mol. The summed E-state index contributed by atoms with van der Waals surface area (Å²) in [5, 5.41) is 0.477. The van der Waals surface area contributed by atoms with Crippen LogP contribution in [-0.2, 0) is 0 Å². The molecule has 1 amide bonds. The molecule has 0 fully saturated rings. The van der Waals surface area contributed by atoms with Crippen LogP contribution < -0.4 is 5.43 Å². The molecule has 1 aliphatic rings. The highest BCUT2D eigenvalue weighted by Crippen LogP contribution is 2.37. The molecular weight excluding hydrogens is 394 g/mol. The van der Waals surface area contributed by atoms with E-state index in [0.717, 1.165) is 10.0 Å². The Labute approximate surface area is 159 Å². The fourth-order valence-electron chi connectivity index (χ4n) is 3.51. The molecule has 4 nitrogen and oxygen atoms in total. The van der Waals surface area contributed by atoms with Gasteiger partial charge in [-0.3, -0.25) is 9.59 Å². The quantitative estimate of drug-likeness (QED) is 0.605. The third kappa shape index (κ3) is 2.50. The van der Waals surface area contributed by atoms with Crippen molar-refractivity contribution in [2.75, 3.05) is 7.05 Å². The maximum atomic E-state index is 13.2. The number of benzene rings is 2. The average molecular weight is 412 g/mol. The maximum absolute atomic E-state index is 13.2. The Morgan fingerprint density at radius 2 is 1.77 bits per heavy atom. The van der Waals surface area contributed by atoms with E-state index in [9.17, 15) is 9.59 Å². The van der Waals surface area contributed by atoms with Gasteiger partial charge in [0.1, 0.15) is 5.58 Å². The van der Waals surface area contributed by atoms with Gasteiger partial charge in [-0.25, -0.2) is 0 Å². The van der Waals surface area contributed by atoms with Gasteiger partial charge in [0, 0.05) is 11.5 Å². The smallest absolute Gasteiger partial charge is 0.290 e. The zero-order valence-electron chi connectivity index (χ0n) is 14.7. The predicted octanol–water partition coefficient (Wildman–Crippen LogP) is 4.85. The summed E-state index contributed by atoms with van der Waals surface area (Å²) >= 11 is 3.39. The van der Waals surface area contributed by atoms with Crippen LogP contribution in [0.15, 0.2) is 56.1 Å². The van der Waals surface area contributed by atoms with Crippen LogP contribution >= 0.6 is 15.9 Å². The van der Waals surface area contributed by atoms with Crippen LogP contribution in [0.3, 0.4) is 0 Å². The first-order chi connectivity index (χ1) is 12.4. The number of amides is 1. The van der Waals surface area contributed by atoms with Gasteiger partial charge in [0.2, 0.25) is 5.76 Å². The van der Waals surface area contributed by atoms with Crippen LogP contribution in [0.5, 0.6) is 0 Å². The third-order valence-corrected chi connectivity index (χ3v) is 5.47. The van der Waals surface area contributed by atoms with Crippen molar-refractivity contribution in [2.45, 2.75) is 25.8 Å². The highest BCUT2D eigenvalue weighted by Gasteiger charge is 2.40. The first-order valence-electron chi connectivity index (χ1n) is 8.51. The number of carbonyl (C=O) groups is 1. The van der Waals surface area contributed by atoms with Gasteiger partial charge < -0.3 is 9.32 Å². The van der Waals surface area contributed by atoms with E-state index in [2.05, 4.69) is 41.9 Å². The third-order valence-electron chi connectivity index (χ3n) is 4.98. The molecule has 1 aromatic heterocycles. The van der Waals surface area contributed by atoms with Crippen molar-refractivity contribution < 1.29 is 9.21 Å². The maximum Gasteiger partial charge on any atom is 0.290 e. The van der Waals surface area contributed by atoms with Crippen LogP contribution in [0.1, 0.15) is 53.1 Å². The number of rotatable bonds is 2. The summed E-state index contributed by atoms with van der Waals surface area (Å²) in [6, 6.07) is 12.9. The minimum Gasteiger partial charge on any atom is -0.450 e. The molecule has 0 aliphatic carbocycles. The molecule has 3 aromatic rings. The van der Waals surface area contributed by atoms with E-state index in [1.54, 1.807) is 30.1 Å². The van der Waals surface area contributed by atoms with Crippen molar-refractivity contribution >= 4 is 32.8 Å². The molecule has 0 radical (unpaired) electrons. The number of hydrogen-bond acceptors (Lipinski definition) is 3. The van der Waals surface area contributed by atoms with Crippen molar-refractivity contribution in [2.24, 2.45) is 0 Å². The summed E-state index contributed by atoms with van der Waals surface area (Å²) in [5.41, 5.74) is 2.81. The lowest BCUT2D eigenvalue weighted by Gasteiger charge is -2.20. The number of hydrogen-bond donors (Lipinski definition) is 0. The Kier molecular flexibility index (Phi) is 3.99. The van der Waals surface area contributed by atoms with Crippen molar-refractivity contribution in [3.05, 3.63) is 79.6 Å². The van der Waals surface area contributed by atoms with Gasteiger partial charge in [-0.1, -0.05) is 54.0 Å². The van der Waals surface area contributed by atoms with E-state index >= 15 is 0 Å². The molecule has 0 spiro atoms. The highest BCUT2D eigenvalue weighted by molar-refractivity contribution is 9.10. The fourth-order valence-corrected chi connectivity index (χ4v) is 3.87. The molecule has 0 N–H and O–H groups in total. The molecular formula is C21H18BrNO3. The first-order valence-corrected chi connectivity index (χ1v) is 9.31. The van der Waals surface area contributed by atoms with Crippen molar-refractivity contribution in [1.29, 1.82) is 0 Å². The minimum atomic E-state index is -0.432. The number of nitrogens with zero attached hydrogens (tertiary/aromatic N) is 1. The van der Waals surface area contributed by atoms with Crippen molar-refractivity contribution in [3.8, 4) is 0 Å². The molecule has 1 aliphatic heterocycles. The van der Waals surface area contributed by atoms with Crippen LogP contribution in [0.2, 0.25) is 0 Å². The largest absolute Gasteiger partial charge is 0.450 e. The van der Waals surface area contributed by atoms with Gasteiger partial charge >= 0.3 is 0 Å². The van der Waals surface area contributed by atoms with E-state index < -0.39 is 6.04 Å². The monoisotopic (exact) mass is 411 g/mol. The van der Waals surface area contributed by atoms with Gasteiger partial charge in [0.05, 0.1) is 17.0 Å². The molecule has 0 saturated carbocycles. The molecule has 26 heavy (non-hydrogen) atoms. The van der Waals surface area contributed by atoms with Gasteiger partial charge in [-0.15, -0.1) is 0 Å². The molecule has 0 bridgehead atoms. The molecule has 4 rings (SSSR count). The standard InChI is InChI=1S/C21H18BrNO3/c1-11(2)12-4-6-13(7-5-12)18-17-19(24)15-10-14(22)8-9-16(15)26-20(17)21(25)23(18)3/h4-11,18H,1-3H3. The summed E-state index contributed by atoms with van der Waals surface area (Å²) in [6.07, 6.45) is 0. The van der Waals surface area contributed by atoms with Gasteiger partial charge in [-0.2, -0.15) is 0 Å². The lowest BCUT2D eigenvalue weighted by atomic mass is 9.95. The number of carbonyl (C=O) groups excluding carboxylic acids is 1. The fraction of sp³-hybridized carbons (Fsp3) is 0.238. The second kappa shape index (κ2) is 6.09. The van der Waals surface area contributed by atoms with Crippen LogP contribution in [-0.4, -0.2) is 17.9 Å². The van der Waals surface area contributed by atoms with Crippen LogP contribution in [0.4, 0.5) is 0 Å². The van der Waals surface area contributed by atoms with E-state index in [0.29, 0.717) is 22.5 Å². The Bertz CT molecular complexity index is 1080. The van der Waals surface area contributed by atoms with E-state index in [1.807, 2.05) is 12.1 Å². The molecule has 132 valence electrons. The van der Waals surface area contributed by atoms with Gasteiger partial charge in [0.15, 0.2) is 5.43 Å². The summed E-state index contributed by atoms with van der Waals surface area (Å²) < 4.78 is 6.62. The average Bonchev–Trinajstić information content (AvgIpc) is 2.87. The summed E-state index contributed by atoms with van der Waals surface area (Å²) in [5.74, 6) is 0.302. The lowest BCUT2D eigenvalue weighted by molar-refractivity contribution is 0.0771. The summed E-state index contributed by atoms with van der Waals surface area (Å²) in [7, 11) is 1.71. The zero-order valence-corrected chi connectivity index (χ0v) is 16.3. The lowest BCUT2D eigenvalue weighted by Crippen LogP contribution is -2.25. The second-order valence-electron chi connectivity index (χ2n) is 6.95. The molecule has 2 heterocycles. The number of fused-ring (bicyclic) bond motifs is 2. The zero-order chi connectivity index (χ0) is 18.6. The molecule has 1 unspecified atom stereocenters. The van der Waals surface area contributed by atoms with Crippen LogP contribution in [0, 0.1) is 0 Å². The molecule has 1 atom stereocenters. The van der Waals surface area contributed by atoms with E-state index in [4.69, 9.17) is 4.42 Å². The van der Waals surface area contributed by atoms with Crippen molar-refractivity contribution in [1.82, 2.24) is 4.90 Å². The second-order valence-corrected chi connectivity index (χ2v) is 7.87. The van der Waals surface area contributed by atoms with Gasteiger partial charge in [0.25, 0.3) is 5.91 Å². The van der Waals surface area contributed by atoms with E-state index in [1.165, 1.54) is 5.56 Å².